The van der Waals surface area contributed by atoms with Crippen LogP contribution in [0.3, 0.4) is 0 Å². The SMILES string of the molecule is O=C(O)CCN1C[C@H]2C[C@@H](C1)[C@H](CNC(=O)c1cscn1)N1C(=O)CCC[C@@H]21. The lowest BCUT2D eigenvalue weighted by Gasteiger charge is -2.56. The second kappa shape index (κ2) is 8.16. The van der Waals surface area contributed by atoms with Gasteiger partial charge in [0.1, 0.15) is 5.69 Å². The maximum Gasteiger partial charge on any atom is 0.304 e. The van der Waals surface area contributed by atoms with Crippen LogP contribution in [-0.2, 0) is 9.59 Å². The molecule has 9 heteroatoms. The van der Waals surface area contributed by atoms with E-state index in [1.165, 1.54) is 11.3 Å². The van der Waals surface area contributed by atoms with Crippen molar-refractivity contribution < 1.29 is 19.5 Å². The van der Waals surface area contributed by atoms with Crippen LogP contribution in [0.2, 0.25) is 0 Å². The minimum Gasteiger partial charge on any atom is -0.481 e. The molecule has 0 saturated carbocycles. The van der Waals surface area contributed by atoms with Gasteiger partial charge < -0.3 is 20.2 Å². The van der Waals surface area contributed by atoms with Crippen molar-refractivity contribution in [3.63, 3.8) is 0 Å². The minimum atomic E-state index is -0.780. The summed E-state index contributed by atoms with van der Waals surface area (Å²) in [4.78, 5) is 44.4. The number of carbonyl (C=O) groups is 3. The van der Waals surface area contributed by atoms with Gasteiger partial charge in [0.25, 0.3) is 5.91 Å². The Kier molecular flexibility index (Phi) is 5.63. The molecule has 3 saturated heterocycles. The van der Waals surface area contributed by atoms with Gasteiger partial charge in [0.15, 0.2) is 0 Å². The third-order valence-corrected chi connectivity index (χ3v) is 6.94. The molecule has 3 fully saturated rings. The number of nitrogens with zero attached hydrogens (tertiary/aromatic N) is 3. The monoisotopic (exact) mass is 406 g/mol. The molecule has 4 rings (SSSR count). The lowest BCUT2D eigenvalue weighted by molar-refractivity contribution is -0.152. The largest absolute Gasteiger partial charge is 0.481 e. The van der Waals surface area contributed by atoms with E-state index in [0.717, 1.165) is 32.4 Å². The van der Waals surface area contributed by atoms with E-state index in [2.05, 4.69) is 20.1 Å². The molecule has 0 aliphatic carbocycles. The van der Waals surface area contributed by atoms with Gasteiger partial charge in [-0.3, -0.25) is 14.4 Å². The van der Waals surface area contributed by atoms with Gasteiger partial charge >= 0.3 is 5.97 Å². The van der Waals surface area contributed by atoms with Crippen molar-refractivity contribution in [2.45, 2.75) is 44.2 Å². The molecule has 0 unspecified atom stereocenters. The number of hydrogen-bond acceptors (Lipinski definition) is 6. The number of nitrogens with one attached hydrogen (secondary N) is 1. The van der Waals surface area contributed by atoms with E-state index in [9.17, 15) is 14.4 Å². The van der Waals surface area contributed by atoms with Gasteiger partial charge in [0.05, 0.1) is 18.0 Å². The number of rotatable bonds is 6. The number of aromatic nitrogens is 1. The predicted octanol–water partition coefficient (Wildman–Crippen LogP) is 1.05. The Bertz CT molecular complexity index is 740. The van der Waals surface area contributed by atoms with Crippen LogP contribution < -0.4 is 5.32 Å². The molecular weight excluding hydrogens is 380 g/mol. The summed E-state index contributed by atoms with van der Waals surface area (Å²) in [6.07, 6.45) is 3.66. The molecule has 4 heterocycles. The molecule has 1 aromatic rings. The third kappa shape index (κ3) is 3.91. The second-order valence-corrected chi connectivity index (χ2v) is 8.79. The topological polar surface area (TPSA) is 103 Å². The number of hydrogen-bond donors (Lipinski definition) is 2. The van der Waals surface area contributed by atoms with Gasteiger partial charge in [-0.05, 0) is 31.1 Å². The molecule has 0 aromatic carbocycles. The van der Waals surface area contributed by atoms with Crippen LogP contribution in [0.1, 0.15) is 42.6 Å². The molecule has 2 bridgehead atoms. The van der Waals surface area contributed by atoms with Crippen molar-refractivity contribution in [2.75, 3.05) is 26.2 Å². The smallest absolute Gasteiger partial charge is 0.304 e. The van der Waals surface area contributed by atoms with Crippen LogP contribution >= 0.6 is 11.3 Å². The standard InChI is InChI=1S/C19H26N4O4S/c24-17-3-1-2-15-12-6-13(9-22(8-12)5-4-18(25)26)16(23(15)17)7-20-19(27)14-10-28-11-21-14/h10-13,15-16H,1-9H2,(H,20,27)(H,25,26)/t12-,13+,15+,16+/m1/s1. The summed E-state index contributed by atoms with van der Waals surface area (Å²) in [6.45, 7) is 2.59. The number of fused-ring (bicyclic) bond motifs is 4. The Hall–Kier alpha value is -2.00. The number of aliphatic carboxylic acids is 1. The van der Waals surface area contributed by atoms with Gasteiger partial charge in [0.2, 0.25) is 5.91 Å². The van der Waals surface area contributed by atoms with Crippen LogP contribution in [0.15, 0.2) is 10.9 Å². The highest BCUT2D eigenvalue weighted by Crippen LogP contribution is 2.41. The van der Waals surface area contributed by atoms with Crippen molar-refractivity contribution in [3.8, 4) is 0 Å². The first-order valence-electron chi connectivity index (χ1n) is 9.94. The summed E-state index contributed by atoms with van der Waals surface area (Å²) in [6, 6.07) is 0.163. The summed E-state index contributed by atoms with van der Waals surface area (Å²) < 4.78 is 0. The molecule has 2 amide bonds. The van der Waals surface area contributed by atoms with E-state index in [1.54, 1.807) is 10.9 Å². The fourth-order valence-corrected chi connectivity index (χ4v) is 5.72. The van der Waals surface area contributed by atoms with Gasteiger partial charge in [0, 0.05) is 44.0 Å². The fourth-order valence-electron chi connectivity index (χ4n) is 5.18. The van der Waals surface area contributed by atoms with Crippen molar-refractivity contribution in [1.82, 2.24) is 20.1 Å². The zero-order valence-corrected chi connectivity index (χ0v) is 16.6. The quantitative estimate of drug-likeness (QED) is 0.732. The molecule has 8 nitrogen and oxygen atoms in total. The number of likely N-dealkylation sites (tertiary alicyclic amines) is 1. The Morgan fingerprint density at radius 3 is 2.89 bits per heavy atom. The van der Waals surface area contributed by atoms with Gasteiger partial charge in [-0.1, -0.05) is 0 Å². The fraction of sp³-hybridized carbons (Fsp3) is 0.684. The molecule has 0 radical (unpaired) electrons. The zero-order chi connectivity index (χ0) is 19.7. The first-order valence-corrected chi connectivity index (χ1v) is 10.9. The molecule has 4 atom stereocenters. The first kappa shape index (κ1) is 19.3. The van der Waals surface area contributed by atoms with Gasteiger partial charge in [-0.2, -0.15) is 0 Å². The normalized spacial score (nSPS) is 30.0. The number of carboxylic acids is 1. The Morgan fingerprint density at radius 2 is 2.14 bits per heavy atom. The summed E-state index contributed by atoms with van der Waals surface area (Å²) in [5.74, 6) is -0.151. The molecular formula is C19H26N4O4S. The summed E-state index contributed by atoms with van der Waals surface area (Å²) in [5, 5.41) is 13.7. The highest BCUT2D eigenvalue weighted by atomic mass is 32.1. The molecule has 28 heavy (non-hydrogen) atoms. The van der Waals surface area contributed by atoms with E-state index in [4.69, 9.17) is 5.11 Å². The van der Waals surface area contributed by atoms with E-state index in [0.29, 0.717) is 31.1 Å². The lowest BCUT2D eigenvalue weighted by Crippen LogP contribution is -2.67. The third-order valence-electron chi connectivity index (χ3n) is 6.35. The maximum atomic E-state index is 12.8. The molecule has 3 aliphatic rings. The molecule has 1 aromatic heterocycles. The van der Waals surface area contributed by atoms with Crippen LogP contribution in [0.4, 0.5) is 0 Å². The van der Waals surface area contributed by atoms with Crippen molar-refractivity contribution >= 4 is 29.1 Å². The van der Waals surface area contributed by atoms with Crippen LogP contribution in [0.5, 0.6) is 0 Å². The van der Waals surface area contributed by atoms with E-state index in [-0.39, 0.29) is 36.2 Å². The zero-order valence-electron chi connectivity index (χ0n) is 15.7. The lowest BCUT2D eigenvalue weighted by atomic mass is 9.72. The Labute approximate surface area is 167 Å². The average molecular weight is 407 g/mol. The average Bonchev–Trinajstić information content (AvgIpc) is 3.21. The summed E-state index contributed by atoms with van der Waals surface area (Å²) >= 11 is 1.38. The number of piperidine rings is 3. The highest BCUT2D eigenvalue weighted by molar-refractivity contribution is 7.07. The maximum absolute atomic E-state index is 12.8. The van der Waals surface area contributed by atoms with E-state index < -0.39 is 5.97 Å². The summed E-state index contributed by atoms with van der Waals surface area (Å²) in [7, 11) is 0. The number of amides is 2. The summed E-state index contributed by atoms with van der Waals surface area (Å²) in [5.41, 5.74) is 2.04. The minimum absolute atomic E-state index is 0.0377. The Balaban J connectivity index is 1.49. The Morgan fingerprint density at radius 1 is 1.32 bits per heavy atom. The first-order chi connectivity index (χ1) is 13.5. The van der Waals surface area contributed by atoms with Crippen molar-refractivity contribution in [3.05, 3.63) is 16.6 Å². The van der Waals surface area contributed by atoms with Gasteiger partial charge in [-0.25, -0.2) is 4.98 Å². The van der Waals surface area contributed by atoms with E-state index in [1.807, 2.05) is 0 Å². The molecule has 2 N–H and O–H groups in total. The van der Waals surface area contributed by atoms with Crippen LogP contribution in [0.25, 0.3) is 0 Å². The predicted molar refractivity (Wildman–Crippen MR) is 103 cm³/mol. The number of carboxylic acid groups (broad SMARTS) is 1. The van der Waals surface area contributed by atoms with E-state index >= 15 is 0 Å². The molecule has 152 valence electrons. The van der Waals surface area contributed by atoms with Crippen molar-refractivity contribution in [2.24, 2.45) is 11.8 Å². The number of thiazole rings is 1. The van der Waals surface area contributed by atoms with Gasteiger partial charge in [-0.15, -0.1) is 11.3 Å². The highest BCUT2D eigenvalue weighted by Gasteiger charge is 2.49. The molecule has 3 aliphatic heterocycles. The molecule has 0 spiro atoms. The van der Waals surface area contributed by atoms with Crippen molar-refractivity contribution in [1.29, 1.82) is 0 Å². The second-order valence-electron chi connectivity index (χ2n) is 8.07. The van der Waals surface area contributed by atoms with Crippen LogP contribution in [-0.4, -0.2) is 75.9 Å². The van der Waals surface area contributed by atoms with Crippen LogP contribution in [0, 0.1) is 11.8 Å². The number of carbonyl (C=O) groups excluding carboxylic acids is 2.